The third-order valence-electron chi connectivity index (χ3n) is 11.2. The molecule has 0 amide bonds. The van der Waals surface area contributed by atoms with E-state index in [2.05, 4.69) is 207 Å². The van der Waals surface area contributed by atoms with Gasteiger partial charge < -0.3 is 4.90 Å². The van der Waals surface area contributed by atoms with Crippen molar-refractivity contribution in [2.24, 2.45) is 0 Å². The molecule has 0 bridgehead atoms. The lowest BCUT2D eigenvalue weighted by atomic mass is 9.82. The van der Waals surface area contributed by atoms with Crippen molar-refractivity contribution in [1.29, 1.82) is 0 Å². The second kappa shape index (κ2) is 11.8. The van der Waals surface area contributed by atoms with Gasteiger partial charge in [0, 0.05) is 22.2 Å². The average Bonchev–Trinajstić information content (AvgIpc) is 3.44. The molecule has 0 aliphatic heterocycles. The molecule has 1 aliphatic carbocycles. The molecule has 9 aromatic rings. The molecule has 0 saturated heterocycles. The van der Waals surface area contributed by atoms with Crippen LogP contribution in [0.5, 0.6) is 0 Å². The molecule has 1 nitrogen and oxygen atoms in total. The van der Waals surface area contributed by atoms with Crippen molar-refractivity contribution in [3.63, 3.8) is 0 Å². The lowest BCUT2D eigenvalue weighted by Gasteiger charge is -2.30. The zero-order valence-electron chi connectivity index (χ0n) is 29.3. The van der Waals surface area contributed by atoms with E-state index in [9.17, 15) is 0 Å². The van der Waals surface area contributed by atoms with E-state index in [1.807, 2.05) is 0 Å². The topological polar surface area (TPSA) is 3.24 Å². The van der Waals surface area contributed by atoms with Gasteiger partial charge in [0.2, 0.25) is 0 Å². The van der Waals surface area contributed by atoms with Gasteiger partial charge in [-0.2, -0.15) is 0 Å². The third kappa shape index (κ3) is 4.70. The van der Waals surface area contributed by atoms with Gasteiger partial charge in [0.05, 0.1) is 5.69 Å². The van der Waals surface area contributed by atoms with E-state index in [1.165, 1.54) is 82.5 Å². The van der Waals surface area contributed by atoms with E-state index < -0.39 is 0 Å². The van der Waals surface area contributed by atoms with Crippen molar-refractivity contribution < 1.29 is 0 Å². The first kappa shape index (κ1) is 30.4. The molecule has 52 heavy (non-hydrogen) atoms. The maximum Gasteiger partial charge on any atom is 0.0552 e. The summed E-state index contributed by atoms with van der Waals surface area (Å²) in [5.74, 6) is 0. The quantitative estimate of drug-likeness (QED) is 0.166. The van der Waals surface area contributed by atoms with Gasteiger partial charge in [-0.05, 0) is 108 Å². The first-order valence-electron chi connectivity index (χ1n) is 18.2. The van der Waals surface area contributed by atoms with Gasteiger partial charge >= 0.3 is 0 Å². The van der Waals surface area contributed by atoms with Crippen LogP contribution in [-0.2, 0) is 5.41 Å². The standard InChI is InChI=1S/C51H37N/c1-51(2)47-24-14-13-22-43(47)44-30-29-39(33-48(44)51)52(38-27-25-36(26-28-38)34-15-5-3-6-16-34)49-32-37(35-17-7-4-8-18-35)31-46-42-21-10-9-19-40(42)41-20-11-12-23-45(41)50(46)49/h3-33H,1-2H3. The molecule has 0 radical (unpaired) electrons. The Hall–Kier alpha value is -6.44. The van der Waals surface area contributed by atoms with Crippen molar-refractivity contribution in [1.82, 2.24) is 0 Å². The summed E-state index contributed by atoms with van der Waals surface area (Å²) in [6, 6.07) is 69.2. The Morgan fingerprint density at radius 3 is 1.54 bits per heavy atom. The van der Waals surface area contributed by atoms with E-state index in [-0.39, 0.29) is 5.41 Å². The van der Waals surface area contributed by atoms with E-state index in [1.54, 1.807) is 0 Å². The monoisotopic (exact) mass is 663 g/mol. The van der Waals surface area contributed by atoms with Crippen molar-refractivity contribution in [3.05, 3.63) is 199 Å². The Morgan fingerprint density at radius 1 is 0.346 bits per heavy atom. The zero-order chi connectivity index (χ0) is 34.8. The molecular formula is C51H37N. The van der Waals surface area contributed by atoms with Crippen LogP contribution in [0.2, 0.25) is 0 Å². The fourth-order valence-corrected chi connectivity index (χ4v) is 8.68. The maximum atomic E-state index is 2.50. The van der Waals surface area contributed by atoms with Gasteiger partial charge in [-0.3, -0.25) is 0 Å². The fraction of sp³-hybridized carbons (Fsp3) is 0.0588. The van der Waals surface area contributed by atoms with E-state index in [0.717, 1.165) is 11.4 Å². The van der Waals surface area contributed by atoms with Crippen molar-refractivity contribution in [2.45, 2.75) is 19.3 Å². The van der Waals surface area contributed by atoms with E-state index in [4.69, 9.17) is 0 Å². The highest BCUT2D eigenvalue weighted by Gasteiger charge is 2.36. The molecule has 1 heteroatoms. The summed E-state index contributed by atoms with van der Waals surface area (Å²) < 4.78 is 0. The number of fused-ring (bicyclic) bond motifs is 9. The first-order chi connectivity index (χ1) is 25.6. The number of rotatable bonds is 5. The number of hydrogen-bond donors (Lipinski definition) is 0. The minimum Gasteiger partial charge on any atom is -0.310 e. The van der Waals surface area contributed by atoms with Crippen molar-refractivity contribution in [3.8, 4) is 33.4 Å². The Morgan fingerprint density at radius 2 is 0.846 bits per heavy atom. The van der Waals surface area contributed by atoms with Gasteiger partial charge in [0.15, 0.2) is 0 Å². The predicted molar refractivity (Wildman–Crippen MR) is 222 cm³/mol. The van der Waals surface area contributed by atoms with Crippen molar-refractivity contribution in [2.75, 3.05) is 4.90 Å². The zero-order valence-corrected chi connectivity index (χ0v) is 29.3. The maximum absolute atomic E-state index is 2.50. The van der Waals surface area contributed by atoms with Crippen LogP contribution in [0.15, 0.2) is 188 Å². The normalized spacial score (nSPS) is 13.0. The molecule has 1 aliphatic rings. The SMILES string of the molecule is CC1(C)c2ccccc2-c2ccc(N(c3ccc(-c4ccccc4)cc3)c3cc(-c4ccccc4)cc4c5ccccc5c5ccccc5c34)cc21. The van der Waals surface area contributed by atoms with Crippen LogP contribution in [0.25, 0.3) is 65.7 Å². The summed E-state index contributed by atoms with van der Waals surface area (Å²) in [5, 5.41) is 7.57. The van der Waals surface area contributed by atoms with Gasteiger partial charge in [0.25, 0.3) is 0 Å². The second-order valence-electron chi connectivity index (χ2n) is 14.5. The summed E-state index contributed by atoms with van der Waals surface area (Å²) in [6.07, 6.45) is 0. The van der Waals surface area contributed by atoms with Crippen LogP contribution in [0.4, 0.5) is 17.1 Å². The molecule has 0 spiro atoms. The Kier molecular flexibility index (Phi) is 6.91. The highest BCUT2D eigenvalue weighted by Crippen LogP contribution is 2.52. The van der Waals surface area contributed by atoms with Crippen LogP contribution in [0.1, 0.15) is 25.0 Å². The van der Waals surface area contributed by atoms with Crippen LogP contribution in [0.3, 0.4) is 0 Å². The highest BCUT2D eigenvalue weighted by molar-refractivity contribution is 6.29. The minimum atomic E-state index is -0.123. The smallest absolute Gasteiger partial charge is 0.0552 e. The van der Waals surface area contributed by atoms with Gasteiger partial charge in [0.1, 0.15) is 0 Å². The molecule has 0 atom stereocenters. The van der Waals surface area contributed by atoms with Gasteiger partial charge in [-0.15, -0.1) is 0 Å². The van der Waals surface area contributed by atoms with Gasteiger partial charge in [-0.25, -0.2) is 0 Å². The van der Waals surface area contributed by atoms with Crippen LogP contribution in [-0.4, -0.2) is 0 Å². The minimum absolute atomic E-state index is 0.123. The highest BCUT2D eigenvalue weighted by atomic mass is 15.1. The van der Waals surface area contributed by atoms with Gasteiger partial charge in [-0.1, -0.05) is 166 Å². The Bertz CT molecular complexity index is 2790. The molecule has 0 aromatic heterocycles. The summed E-state index contributed by atoms with van der Waals surface area (Å²) >= 11 is 0. The summed E-state index contributed by atoms with van der Waals surface area (Å²) in [4.78, 5) is 2.50. The molecule has 0 heterocycles. The Balaban J connectivity index is 1.31. The van der Waals surface area contributed by atoms with E-state index in [0.29, 0.717) is 0 Å². The molecule has 0 saturated carbocycles. The number of hydrogen-bond acceptors (Lipinski definition) is 1. The molecule has 10 rings (SSSR count). The van der Waals surface area contributed by atoms with Crippen LogP contribution >= 0.6 is 0 Å². The molecule has 0 fully saturated rings. The number of nitrogens with zero attached hydrogens (tertiary/aromatic N) is 1. The lowest BCUT2D eigenvalue weighted by molar-refractivity contribution is 0.660. The summed E-state index contributed by atoms with van der Waals surface area (Å²) in [7, 11) is 0. The summed E-state index contributed by atoms with van der Waals surface area (Å²) in [6.45, 7) is 4.73. The van der Waals surface area contributed by atoms with Crippen molar-refractivity contribution >= 4 is 49.4 Å². The molecule has 0 N–H and O–H groups in total. The molecule has 0 unspecified atom stereocenters. The molecular weight excluding hydrogens is 627 g/mol. The van der Waals surface area contributed by atoms with E-state index >= 15 is 0 Å². The average molecular weight is 664 g/mol. The lowest BCUT2D eigenvalue weighted by Crippen LogP contribution is -2.16. The van der Waals surface area contributed by atoms with Crippen LogP contribution in [0, 0.1) is 0 Å². The largest absolute Gasteiger partial charge is 0.310 e. The molecule has 9 aromatic carbocycles. The first-order valence-corrected chi connectivity index (χ1v) is 18.2. The Labute approximate surface area is 305 Å². The predicted octanol–water partition coefficient (Wildman–Crippen LogP) is 14.3. The molecule has 246 valence electrons. The third-order valence-corrected chi connectivity index (χ3v) is 11.2. The number of anilines is 3. The second-order valence-corrected chi connectivity index (χ2v) is 14.5. The number of benzene rings is 9. The fourth-order valence-electron chi connectivity index (χ4n) is 8.68. The summed E-state index contributed by atoms with van der Waals surface area (Å²) in [5.41, 5.74) is 13.5. The van der Waals surface area contributed by atoms with Crippen LogP contribution < -0.4 is 4.90 Å².